The van der Waals surface area contributed by atoms with Crippen molar-refractivity contribution in [3.05, 3.63) is 89.6 Å². The summed E-state index contributed by atoms with van der Waals surface area (Å²) >= 11 is 0. The molecule has 1 aromatic carbocycles. The van der Waals surface area contributed by atoms with E-state index in [1.54, 1.807) is 6.08 Å². The van der Waals surface area contributed by atoms with Gasteiger partial charge in [0.25, 0.3) is 0 Å². The number of nitrogens with zero attached hydrogens (tertiary/aromatic N) is 2. The second-order valence-electron chi connectivity index (χ2n) is 7.19. The maximum atomic E-state index is 13.5. The average molecular weight is 399 g/mol. The number of aryl methyl sites for hydroxylation is 1. The van der Waals surface area contributed by atoms with E-state index in [-0.39, 0.29) is 18.4 Å². The Bertz CT molecular complexity index is 987. The van der Waals surface area contributed by atoms with Crippen molar-refractivity contribution in [1.29, 1.82) is 0 Å². The molecule has 0 saturated carbocycles. The van der Waals surface area contributed by atoms with E-state index in [9.17, 15) is 18.0 Å². The van der Waals surface area contributed by atoms with Crippen LogP contribution in [0.15, 0.2) is 78.4 Å². The molecule has 7 heteroatoms. The number of amides is 1. The Morgan fingerprint density at radius 1 is 1.28 bits per heavy atom. The molecule has 0 aliphatic heterocycles. The number of carbonyl (C=O) groups excluding carboxylic acids is 1. The van der Waals surface area contributed by atoms with Gasteiger partial charge in [0.05, 0.1) is 24.0 Å². The normalized spacial score (nSPS) is 21.6. The lowest BCUT2D eigenvalue weighted by Crippen LogP contribution is -2.25. The van der Waals surface area contributed by atoms with Crippen molar-refractivity contribution in [1.82, 2.24) is 14.9 Å². The first-order chi connectivity index (χ1) is 13.9. The monoisotopic (exact) mass is 399 g/mol. The Kier molecular flexibility index (Phi) is 5.13. The largest absolute Gasteiger partial charge is 0.414 e. The van der Waals surface area contributed by atoms with Crippen LogP contribution in [0.25, 0.3) is 0 Å². The second-order valence-corrected chi connectivity index (χ2v) is 7.19. The van der Waals surface area contributed by atoms with E-state index in [0.29, 0.717) is 5.57 Å². The van der Waals surface area contributed by atoms with Crippen LogP contribution in [0.1, 0.15) is 36.1 Å². The minimum Gasteiger partial charge on any atom is -0.346 e. The molecule has 1 aromatic heterocycles. The summed E-state index contributed by atoms with van der Waals surface area (Å²) in [6.07, 6.45) is 7.35. The molecule has 1 amide bonds. The van der Waals surface area contributed by atoms with Crippen molar-refractivity contribution in [3.8, 4) is 0 Å². The number of halogens is 3. The molecule has 0 saturated heterocycles. The Labute approximate surface area is 166 Å². The maximum absolute atomic E-state index is 13.5. The molecule has 4 nitrogen and oxygen atoms in total. The fourth-order valence-corrected chi connectivity index (χ4v) is 3.93. The number of rotatable bonds is 4. The van der Waals surface area contributed by atoms with Gasteiger partial charge in [-0.2, -0.15) is 13.2 Å². The predicted molar refractivity (Wildman–Crippen MR) is 103 cm³/mol. The third kappa shape index (κ3) is 4.18. The van der Waals surface area contributed by atoms with Crippen molar-refractivity contribution in [2.75, 3.05) is 0 Å². The molecule has 0 spiro atoms. The first-order valence-electron chi connectivity index (χ1n) is 9.44. The van der Waals surface area contributed by atoms with E-state index in [1.807, 2.05) is 24.3 Å². The average Bonchev–Trinajstić information content (AvgIpc) is 3.36. The summed E-state index contributed by atoms with van der Waals surface area (Å²) in [5, 5.41) is 2.94. The molecular formula is C22H20F3N3O. The third-order valence-electron chi connectivity index (χ3n) is 5.35. The SMILES string of the molecule is O=C(/C=C/C1=CCC(n2ccnc2)C(C(F)(F)F)=C1)NC1CCc2ccccc21. The lowest BCUT2D eigenvalue weighted by molar-refractivity contribution is -0.117. The highest BCUT2D eigenvalue weighted by atomic mass is 19.4. The van der Waals surface area contributed by atoms with Gasteiger partial charge in [-0.3, -0.25) is 4.79 Å². The minimum atomic E-state index is -4.46. The molecule has 1 heterocycles. The molecule has 0 bridgehead atoms. The fraction of sp³-hybridized carbons (Fsp3) is 0.273. The number of fused-ring (bicyclic) bond motifs is 1. The van der Waals surface area contributed by atoms with E-state index >= 15 is 0 Å². The minimum absolute atomic E-state index is 0.0596. The molecule has 4 rings (SSSR count). The lowest BCUT2D eigenvalue weighted by Gasteiger charge is -2.26. The van der Waals surface area contributed by atoms with Gasteiger partial charge in [0.1, 0.15) is 0 Å². The van der Waals surface area contributed by atoms with Gasteiger partial charge in [-0.15, -0.1) is 0 Å². The Morgan fingerprint density at radius 3 is 2.86 bits per heavy atom. The van der Waals surface area contributed by atoms with Crippen LogP contribution < -0.4 is 5.32 Å². The van der Waals surface area contributed by atoms with E-state index in [4.69, 9.17) is 0 Å². The first-order valence-corrected chi connectivity index (χ1v) is 9.44. The van der Waals surface area contributed by atoms with Crippen LogP contribution >= 0.6 is 0 Å². The summed E-state index contributed by atoms with van der Waals surface area (Å²) in [5.41, 5.74) is 2.05. The topological polar surface area (TPSA) is 46.9 Å². The van der Waals surface area contributed by atoms with E-state index in [1.165, 1.54) is 41.0 Å². The highest BCUT2D eigenvalue weighted by Gasteiger charge is 2.40. The molecule has 0 radical (unpaired) electrons. The summed E-state index contributed by atoms with van der Waals surface area (Å²) in [6.45, 7) is 0. The molecule has 0 fully saturated rings. The van der Waals surface area contributed by atoms with Crippen molar-refractivity contribution >= 4 is 5.91 Å². The van der Waals surface area contributed by atoms with Crippen molar-refractivity contribution in [3.63, 3.8) is 0 Å². The lowest BCUT2D eigenvalue weighted by atomic mass is 9.93. The molecule has 2 unspecified atom stereocenters. The standard InChI is InChI=1S/C22H20F3N3O/c23-22(24,25)18-13-15(5-9-20(18)28-12-11-26-14-28)6-10-21(29)27-19-8-7-16-3-1-2-4-17(16)19/h1-6,10-14,19-20H,7-9H2,(H,27,29)/b10-6+. The summed E-state index contributed by atoms with van der Waals surface area (Å²) in [4.78, 5) is 16.1. The van der Waals surface area contributed by atoms with Crippen molar-refractivity contribution < 1.29 is 18.0 Å². The zero-order valence-corrected chi connectivity index (χ0v) is 15.6. The molecule has 2 aliphatic carbocycles. The smallest absolute Gasteiger partial charge is 0.346 e. The van der Waals surface area contributed by atoms with Gasteiger partial charge in [0.15, 0.2) is 0 Å². The van der Waals surface area contributed by atoms with Crippen LogP contribution in [0.5, 0.6) is 0 Å². The van der Waals surface area contributed by atoms with Gasteiger partial charge >= 0.3 is 6.18 Å². The van der Waals surface area contributed by atoms with Gasteiger partial charge in [0.2, 0.25) is 5.91 Å². The van der Waals surface area contributed by atoms with E-state index < -0.39 is 17.8 Å². The van der Waals surface area contributed by atoms with Crippen LogP contribution in [0.2, 0.25) is 0 Å². The molecule has 2 atom stereocenters. The first kappa shape index (κ1) is 19.2. The Balaban J connectivity index is 1.46. The molecule has 2 aromatic rings. The number of nitrogens with one attached hydrogen (secondary N) is 1. The van der Waals surface area contributed by atoms with Crippen LogP contribution in [0, 0.1) is 0 Å². The number of hydrogen-bond donors (Lipinski definition) is 1. The van der Waals surface area contributed by atoms with Crippen LogP contribution in [-0.2, 0) is 11.2 Å². The molecular weight excluding hydrogens is 379 g/mol. The van der Waals surface area contributed by atoms with Crippen LogP contribution in [-0.4, -0.2) is 21.6 Å². The van der Waals surface area contributed by atoms with E-state index in [0.717, 1.165) is 24.5 Å². The summed E-state index contributed by atoms with van der Waals surface area (Å²) < 4.78 is 42.0. The maximum Gasteiger partial charge on any atom is 0.414 e. The number of carbonyl (C=O) groups is 1. The number of allylic oxidation sites excluding steroid dienone is 5. The Hall–Kier alpha value is -3.09. The van der Waals surface area contributed by atoms with E-state index in [2.05, 4.69) is 10.3 Å². The summed E-state index contributed by atoms with van der Waals surface area (Å²) in [5.74, 6) is -0.314. The number of benzene rings is 1. The zero-order chi connectivity index (χ0) is 20.4. The van der Waals surface area contributed by atoms with Gasteiger partial charge in [-0.25, -0.2) is 4.98 Å². The number of alkyl halides is 3. The van der Waals surface area contributed by atoms with Crippen LogP contribution in [0.4, 0.5) is 13.2 Å². The molecule has 1 N–H and O–H groups in total. The third-order valence-corrected chi connectivity index (χ3v) is 5.35. The summed E-state index contributed by atoms with van der Waals surface area (Å²) in [7, 11) is 0. The van der Waals surface area contributed by atoms with Crippen molar-refractivity contribution in [2.24, 2.45) is 0 Å². The Morgan fingerprint density at radius 2 is 2.10 bits per heavy atom. The predicted octanol–water partition coefficient (Wildman–Crippen LogP) is 4.60. The fourth-order valence-electron chi connectivity index (χ4n) is 3.93. The number of aromatic nitrogens is 2. The molecule has 150 valence electrons. The van der Waals surface area contributed by atoms with Gasteiger partial charge in [-0.1, -0.05) is 30.3 Å². The van der Waals surface area contributed by atoms with Crippen LogP contribution in [0.3, 0.4) is 0 Å². The van der Waals surface area contributed by atoms with Gasteiger partial charge in [0, 0.05) is 18.5 Å². The zero-order valence-electron chi connectivity index (χ0n) is 15.6. The highest BCUT2D eigenvalue weighted by molar-refractivity contribution is 5.88. The number of hydrogen-bond acceptors (Lipinski definition) is 2. The van der Waals surface area contributed by atoms with Crippen molar-refractivity contribution in [2.45, 2.75) is 37.5 Å². The molecule has 29 heavy (non-hydrogen) atoms. The highest BCUT2D eigenvalue weighted by Crippen LogP contribution is 2.39. The summed E-state index contributed by atoms with van der Waals surface area (Å²) in [6, 6.07) is 7.04. The number of imidazole rings is 1. The quantitative estimate of drug-likeness (QED) is 0.764. The van der Waals surface area contributed by atoms with Gasteiger partial charge < -0.3 is 9.88 Å². The second kappa shape index (κ2) is 7.73. The molecule has 2 aliphatic rings. The van der Waals surface area contributed by atoms with Gasteiger partial charge in [-0.05, 0) is 48.1 Å².